The van der Waals surface area contributed by atoms with Gasteiger partial charge >= 0.3 is 6.18 Å². The summed E-state index contributed by atoms with van der Waals surface area (Å²) in [5, 5.41) is 33.4. The number of nitrogens with zero attached hydrogens (tertiary/aromatic N) is 2. The minimum atomic E-state index is -4.81. The number of aliphatic hydroxyl groups excluding tert-OH is 1. The number of alkyl halides is 3. The molecule has 0 aliphatic carbocycles. The highest BCUT2D eigenvalue weighted by Crippen LogP contribution is 2.65. The highest BCUT2D eigenvalue weighted by molar-refractivity contribution is 6.74. The maximum Gasteiger partial charge on any atom is 0.407 e. The van der Waals surface area contributed by atoms with Gasteiger partial charge in [0.15, 0.2) is 14.0 Å². The Balaban J connectivity index is 1.90. The lowest BCUT2D eigenvalue weighted by atomic mass is 9.76. The van der Waals surface area contributed by atoms with Crippen LogP contribution in [0.1, 0.15) is 51.3 Å². The molecule has 2 bridgehead atoms. The van der Waals surface area contributed by atoms with Crippen LogP contribution >= 0.6 is 0 Å². The maximum absolute atomic E-state index is 13.6. The zero-order chi connectivity index (χ0) is 26.5. The molecule has 0 amide bonds. The first-order valence-electron chi connectivity index (χ1n) is 11.1. The number of halogens is 3. The van der Waals surface area contributed by atoms with E-state index in [9.17, 15) is 28.5 Å². The van der Waals surface area contributed by atoms with E-state index in [1.54, 1.807) is 13.8 Å². The molecule has 2 aliphatic rings. The van der Waals surface area contributed by atoms with Gasteiger partial charge in [0.1, 0.15) is 23.4 Å². The number of hydrogen-bond acceptors (Lipinski definition) is 5. The predicted octanol–water partition coefficient (Wildman–Crippen LogP) is 5.68. The molecule has 0 radical (unpaired) electrons. The van der Waals surface area contributed by atoms with Gasteiger partial charge in [-0.2, -0.15) is 13.2 Å². The Morgan fingerprint density at radius 2 is 1.63 bits per heavy atom. The third-order valence-electron chi connectivity index (χ3n) is 7.82. The van der Waals surface area contributed by atoms with E-state index in [0.29, 0.717) is 6.07 Å². The summed E-state index contributed by atoms with van der Waals surface area (Å²) in [4.78, 5) is 2.93. The molecule has 11 heteroatoms. The second kappa shape index (κ2) is 7.26. The summed E-state index contributed by atoms with van der Waals surface area (Å²) in [7, 11) is -2.42. The van der Waals surface area contributed by atoms with Crippen molar-refractivity contribution < 1.29 is 37.7 Å². The van der Waals surface area contributed by atoms with Gasteiger partial charge in [-0.1, -0.05) is 26.8 Å². The number of fused-ring (bicyclic) bond motifs is 5. The van der Waals surface area contributed by atoms with E-state index >= 15 is 0 Å². The van der Waals surface area contributed by atoms with E-state index in [4.69, 9.17) is 15.7 Å². The van der Waals surface area contributed by atoms with Gasteiger partial charge in [0, 0.05) is 0 Å². The number of hydrogen-bond donors (Lipinski definition) is 3. The molecule has 0 saturated carbocycles. The molecule has 0 spiro atoms. The van der Waals surface area contributed by atoms with Gasteiger partial charge in [-0.25, -0.2) is 4.85 Å². The molecule has 4 rings (SSSR count). The lowest BCUT2D eigenvalue weighted by molar-refractivity contribution is -0.136. The van der Waals surface area contributed by atoms with Crippen molar-refractivity contribution in [2.45, 2.75) is 82.3 Å². The molecule has 3 heterocycles. The fraction of sp³-hybridized carbons (Fsp3) is 0.542. The molecule has 35 heavy (non-hydrogen) atoms. The third-order valence-corrected chi connectivity index (χ3v) is 12.3. The van der Waals surface area contributed by atoms with Gasteiger partial charge in [0.2, 0.25) is 11.8 Å². The zero-order valence-corrected chi connectivity index (χ0v) is 21.6. The molecule has 190 valence electrons. The summed E-state index contributed by atoms with van der Waals surface area (Å²) in [6.07, 6.45) is -6.89. The molecule has 1 aromatic heterocycles. The summed E-state index contributed by atoms with van der Waals surface area (Å²) < 4.78 is 54.3. The van der Waals surface area contributed by atoms with Crippen molar-refractivity contribution in [2.75, 3.05) is 0 Å². The largest absolute Gasteiger partial charge is 0.494 e. The van der Waals surface area contributed by atoms with Crippen LogP contribution in [0, 0.1) is 6.57 Å². The van der Waals surface area contributed by atoms with Crippen molar-refractivity contribution in [3.63, 3.8) is 0 Å². The average Bonchev–Trinajstić information content (AvgIpc) is 3.21. The standard InChI is InChI=1S/C24H29F3N2O5Si/c1-21(2,3)35(7,8)33-18-17(30)22(4)15-16(23(18,5)34-22)20(32)29(19(15)31)12-9-10-14(28-6)13(11-12)24(25,26)27/h9-11,17-18,30-32H,1-5,7-8H3/t17-,18-,22?,23?/m1/s1. The second-order valence-electron chi connectivity index (χ2n) is 11.1. The summed E-state index contributed by atoms with van der Waals surface area (Å²) in [5.74, 6) is -1.06. The van der Waals surface area contributed by atoms with Crippen molar-refractivity contribution >= 4 is 14.0 Å². The number of ether oxygens (including phenoxy) is 1. The molecule has 2 aliphatic heterocycles. The van der Waals surface area contributed by atoms with E-state index in [1.807, 2.05) is 33.9 Å². The molecule has 1 saturated heterocycles. The average molecular weight is 511 g/mol. The molecule has 1 fully saturated rings. The maximum atomic E-state index is 13.6. The number of benzene rings is 1. The van der Waals surface area contributed by atoms with Gasteiger partial charge in [-0.3, -0.25) is 4.57 Å². The van der Waals surface area contributed by atoms with Gasteiger partial charge in [0.05, 0.1) is 28.9 Å². The van der Waals surface area contributed by atoms with Gasteiger partial charge in [-0.15, -0.1) is 0 Å². The van der Waals surface area contributed by atoms with Gasteiger partial charge in [0.25, 0.3) is 0 Å². The second-order valence-corrected chi connectivity index (χ2v) is 15.9. The summed E-state index contributed by atoms with van der Waals surface area (Å²) >= 11 is 0. The number of aromatic nitrogens is 1. The van der Waals surface area contributed by atoms with E-state index in [2.05, 4.69) is 4.85 Å². The topological polar surface area (TPSA) is 88.4 Å². The lowest BCUT2D eigenvalue weighted by Crippen LogP contribution is -2.54. The zero-order valence-electron chi connectivity index (χ0n) is 20.6. The first kappa shape index (κ1) is 25.6. The van der Waals surface area contributed by atoms with E-state index in [-0.39, 0.29) is 21.9 Å². The van der Waals surface area contributed by atoms with Gasteiger partial charge < -0.3 is 24.5 Å². The molecule has 2 unspecified atom stereocenters. The van der Waals surface area contributed by atoms with Crippen molar-refractivity contribution in [1.82, 2.24) is 4.57 Å². The first-order chi connectivity index (χ1) is 15.8. The van der Waals surface area contributed by atoms with E-state index in [1.165, 1.54) is 6.07 Å². The molecule has 3 N–H and O–H groups in total. The Morgan fingerprint density at radius 3 is 2.11 bits per heavy atom. The van der Waals surface area contributed by atoms with E-state index < -0.39 is 60.9 Å². The van der Waals surface area contributed by atoms with Crippen LogP contribution in [-0.4, -0.2) is 40.4 Å². The number of aliphatic hydroxyl groups is 1. The Labute approximate surface area is 202 Å². The Morgan fingerprint density at radius 1 is 1.09 bits per heavy atom. The Kier molecular flexibility index (Phi) is 5.30. The van der Waals surface area contributed by atoms with Crippen LogP contribution < -0.4 is 0 Å². The highest BCUT2D eigenvalue weighted by Gasteiger charge is 2.71. The molecule has 7 nitrogen and oxygen atoms in total. The quantitative estimate of drug-likeness (QED) is 0.365. The van der Waals surface area contributed by atoms with E-state index in [0.717, 1.165) is 10.6 Å². The van der Waals surface area contributed by atoms with Crippen LogP contribution in [0.25, 0.3) is 10.5 Å². The van der Waals surface area contributed by atoms with Crippen molar-refractivity contribution in [3.05, 3.63) is 46.3 Å². The summed E-state index contributed by atoms with van der Waals surface area (Å²) in [5.41, 5.74) is -4.54. The molecular formula is C24H29F3N2O5Si. The van der Waals surface area contributed by atoms with Gasteiger partial charge in [-0.05, 0) is 44.1 Å². The van der Waals surface area contributed by atoms with Crippen molar-refractivity contribution in [3.8, 4) is 17.4 Å². The minimum absolute atomic E-state index is 0.0999. The minimum Gasteiger partial charge on any atom is -0.494 e. The van der Waals surface area contributed by atoms with Crippen molar-refractivity contribution in [1.29, 1.82) is 0 Å². The van der Waals surface area contributed by atoms with Crippen LogP contribution in [0.5, 0.6) is 11.8 Å². The fourth-order valence-corrected chi connectivity index (χ4v) is 6.27. The van der Waals surface area contributed by atoms with Crippen molar-refractivity contribution in [2.24, 2.45) is 0 Å². The normalized spacial score (nSPS) is 28.3. The monoisotopic (exact) mass is 510 g/mol. The Bertz CT molecular complexity index is 1260. The molecular weight excluding hydrogens is 481 g/mol. The first-order valence-corrected chi connectivity index (χ1v) is 14.0. The highest BCUT2D eigenvalue weighted by atomic mass is 28.4. The summed E-state index contributed by atoms with van der Waals surface area (Å²) in [6.45, 7) is 20.4. The Hall–Kier alpha value is -2.52. The van der Waals surface area contributed by atoms with Crippen LogP contribution in [0.3, 0.4) is 0 Å². The fourth-order valence-electron chi connectivity index (χ4n) is 4.93. The third kappa shape index (κ3) is 3.34. The number of aromatic hydroxyl groups is 2. The van der Waals surface area contributed by atoms with Crippen LogP contribution in [0.15, 0.2) is 18.2 Å². The number of rotatable bonds is 3. The SMILES string of the molecule is [C-]#[N+]c1ccc(-n2c(O)c3c(c2O)C2(C)OC3(C)[C@H](O)[C@H]2O[Si](C)(C)C(C)(C)C)cc1C(F)(F)F. The predicted molar refractivity (Wildman–Crippen MR) is 124 cm³/mol. The van der Waals surface area contributed by atoms with Crippen LogP contribution in [-0.2, 0) is 26.5 Å². The lowest BCUT2D eigenvalue weighted by Gasteiger charge is -2.43. The van der Waals surface area contributed by atoms with Crippen LogP contribution in [0.2, 0.25) is 18.1 Å². The smallest absolute Gasteiger partial charge is 0.407 e. The van der Waals surface area contributed by atoms with Crippen LogP contribution in [0.4, 0.5) is 18.9 Å². The molecule has 4 atom stereocenters. The molecule has 1 aromatic carbocycles. The summed E-state index contributed by atoms with van der Waals surface area (Å²) in [6, 6.07) is 2.90. The molecule has 2 aromatic rings.